The average molecular weight is 304 g/mol. The van der Waals surface area contributed by atoms with Crippen LogP contribution in [-0.4, -0.2) is 24.0 Å². The fraction of sp³-hybridized carbons (Fsp3) is 0.529. The molecule has 0 spiro atoms. The van der Waals surface area contributed by atoms with Gasteiger partial charge in [-0.25, -0.2) is 4.79 Å². The van der Waals surface area contributed by atoms with Gasteiger partial charge in [-0.1, -0.05) is 18.9 Å². The number of rotatable bonds is 4. The highest BCUT2D eigenvalue weighted by atomic mass is 16.5. The van der Waals surface area contributed by atoms with E-state index >= 15 is 0 Å². The van der Waals surface area contributed by atoms with Crippen LogP contribution in [0.5, 0.6) is 0 Å². The molecule has 1 fully saturated rings. The maximum Gasteiger partial charge on any atom is 0.338 e. The Morgan fingerprint density at radius 3 is 2.86 bits per heavy atom. The summed E-state index contributed by atoms with van der Waals surface area (Å²) in [5.41, 5.74) is 6.81. The minimum Gasteiger partial charge on any atom is -0.462 e. The third-order valence-electron chi connectivity index (χ3n) is 4.21. The molecule has 2 unspecified atom stereocenters. The van der Waals surface area contributed by atoms with E-state index in [0.717, 1.165) is 25.7 Å². The summed E-state index contributed by atoms with van der Waals surface area (Å²) in [5.74, 6) is -0.668. The lowest BCUT2D eigenvalue weighted by atomic mass is 9.74. The van der Waals surface area contributed by atoms with Crippen molar-refractivity contribution in [1.82, 2.24) is 0 Å². The summed E-state index contributed by atoms with van der Waals surface area (Å²) in [4.78, 5) is 24.2. The summed E-state index contributed by atoms with van der Waals surface area (Å²) < 4.78 is 4.97. The topological polar surface area (TPSA) is 81.4 Å². The van der Waals surface area contributed by atoms with Crippen molar-refractivity contribution >= 4 is 17.6 Å². The van der Waals surface area contributed by atoms with Crippen molar-refractivity contribution < 1.29 is 14.3 Å². The molecule has 0 heterocycles. The number of anilines is 1. The predicted octanol–water partition coefficient (Wildman–Crippen LogP) is 2.71. The zero-order valence-corrected chi connectivity index (χ0v) is 13.2. The van der Waals surface area contributed by atoms with Gasteiger partial charge < -0.3 is 15.8 Å². The minimum absolute atomic E-state index is 0.0780. The lowest BCUT2D eigenvalue weighted by Crippen LogP contribution is -2.51. The molecule has 0 bridgehead atoms. The maximum absolute atomic E-state index is 12.5. The van der Waals surface area contributed by atoms with Crippen LogP contribution < -0.4 is 11.1 Å². The van der Waals surface area contributed by atoms with Gasteiger partial charge in [-0.05, 0) is 44.9 Å². The normalized spacial score (nSPS) is 24.6. The highest BCUT2D eigenvalue weighted by Crippen LogP contribution is 2.32. The lowest BCUT2D eigenvalue weighted by molar-refractivity contribution is -0.122. The standard InChI is InChI=1S/C17H24N2O3/c1-3-22-16(21)12-7-6-8-13(11-12)19-15(20)14-9-4-5-10-17(14,2)18/h6-8,11,14H,3-5,9-10,18H2,1-2H3,(H,19,20). The molecule has 5 nitrogen and oxygen atoms in total. The predicted molar refractivity (Wildman–Crippen MR) is 85.6 cm³/mol. The van der Waals surface area contributed by atoms with Crippen LogP contribution in [0, 0.1) is 5.92 Å². The Hall–Kier alpha value is -1.88. The molecule has 1 aliphatic carbocycles. The molecule has 0 radical (unpaired) electrons. The van der Waals surface area contributed by atoms with Crippen molar-refractivity contribution in [2.75, 3.05) is 11.9 Å². The molecule has 1 aliphatic rings. The zero-order valence-electron chi connectivity index (χ0n) is 13.2. The van der Waals surface area contributed by atoms with Gasteiger partial charge in [0.25, 0.3) is 0 Å². The van der Waals surface area contributed by atoms with Gasteiger partial charge in [-0.15, -0.1) is 0 Å². The van der Waals surface area contributed by atoms with Crippen molar-refractivity contribution in [3.05, 3.63) is 29.8 Å². The van der Waals surface area contributed by atoms with E-state index in [1.165, 1.54) is 0 Å². The molecule has 0 saturated heterocycles. The molecule has 0 aromatic heterocycles. The molecule has 2 rings (SSSR count). The van der Waals surface area contributed by atoms with Gasteiger partial charge in [-0.2, -0.15) is 0 Å². The Morgan fingerprint density at radius 2 is 2.18 bits per heavy atom. The Balaban J connectivity index is 2.08. The van der Waals surface area contributed by atoms with Gasteiger partial charge >= 0.3 is 5.97 Å². The Bertz CT molecular complexity index is 555. The number of benzene rings is 1. The molecule has 1 aromatic rings. The number of esters is 1. The van der Waals surface area contributed by atoms with E-state index in [1.807, 2.05) is 6.92 Å². The molecule has 1 aromatic carbocycles. The van der Waals surface area contributed by atoms with Gasteiger partial charge in [0.05, 0.1) is 18.1 Å². The van der Waals surface area contributed by atoms with Crippen LogP contribution >= 0.6 is 0 Å². The quantitative estimate of drug-likeness (QED) is 0.838. The highest BCUT2D eigenvalue weighted by molar-refractivity contribution is 5.96. The molecule has 120 valence electrons. The van der Waals surface area contributed by atoms with Crippen LogP contribution in [0.2, 0.25) is 0 Å². The smallest absolute Gasteiger partial charge is 0.338 e. The van der Waals surface area contributed by atoms with E-state index in [-0.39, 0.29) is 17.8 Å². The number of hydrogen-bond acceptors (Lipinski definition) is 4. The molecular weight excluding hydrogens is 280 g/mol. The van der Waals surface area contributed by atoms with Crippen LogP contribution in [0.3, 0.4) is 0 Å². The Kier molecular flexibility index (Phi) is 5.19. The van der Waals surface area contributed by atoms with E-state index in [4.69, 9.17) is 10.5 Å². The second-order valence-electron chi connectivity index (χ2n) is 6.09. The molecule has 3 N–H and O–H groups in total. The van der Waals surface area contributed by atoms with E-state index in [2.05, 4.69) is 5.32 Å². The van der Waals surface area contributed by atoms with Crippen molar-refractivity contribution in [1.29, 1.82) is 0 Å². The van der Waals surface area contributed by atoms with E-state index in [0.29, 0.717) is 17.9 Å². The molecule has 1 amide bonds. The molecule has 22 heavy (non-hydrogen) atoms. The first-order valence-corrected chi connectivity index (χ1v) is 7.81. The van der Waals surface area contributed by atoms with Crippen LogP contribution in [0.1, 0.15) is 49.9 Å². The highest BCUT2D eigenvalue weighted by Gasteiger charge is 2.37. The van der Waals surface area contributed by atoms with E-state index in [9.17, 15) is 9.59 Å². The summed E-state index contributed by atoms with van der Waals surface area (Å²) in [6, 6.07) is 6.79. The van der Waals surface area contributed by atoms with E-state index in [1.54, 1.807) is 31.2 Å². The SMILES string of the molecule is CCOC(=O)c1cccc(NC(=O)C2CCCCC2(C)N)c1. The number of hydrogen-bond donors (Lipinski definition) is 2. The number of carbonyl (C=O) groups excluding carboxylic acids is 2. The molecule has 1 saturated carbocycles. The van der Waals surface area contributed by atoms with Gasteiger partial charge in [0.15, 0.2) is 0 Å². The molecule has 2 atom stereocenters. The second kappa shape index (κ2) is 6.92. The molecule has 5 heteroatoms. The minimum atomic E-state index is -0.471. The first kappa shape index (κ1) is 16.5. The van der Waals surface area contributed by atoms with E-state index < -0.39 is 5.54 Å². The largest absolute Gasteiger partial charge is 0.462 e. The number of nitrogens with two attached hydrogens (primary N) is 1. The number of amides is 1. The maximum atomic E-state index is 12.5. The third-order valence-corrected chi connectivity index (χ3v) is 4.21. The van der Waals surface area contributed by atoms with Crippen LogP contribution in [0.25, 0.3) is 0 Å². The summed E-state index contributed by atoms with van der Waals surface area (Å²) in [6.45, 7) is 4.02. The summed E-state index contributed by atoms with van der Waals surface area (Å²) >= 11 is 0. The van der Waals surface area contributed by atoms with Gasteiger partial charge in [0.2, 0.25) is 5.91 Å². The fourth-order valence-electron chi connectivity index (χ4n) is 2.96. The number of carbonyl (C=O) groups is 2. The summed E-state index contributed by atoms with van der Waals surface area (Å²) in [7, 11) is 0. The molecule has 0 aliphatic heterocycles. The zero-order chi connectivity index (χ0) is 16.2. The number of nitrogens with one attached hydrogen (secondary N) is 1. The summed E-state index contributed by atoms with van der Waals surface area (Å²) in [6.07, 6.45) is 3.74. The fourth-order valence-corrected chi connectivity index (χ4v) is 2.96. The van der Waals surface area contributed by atoms with Crippen LogP contribution in [0.4, 0.5) is 5.69 Å². The van der Waals surface area contributed by atoms with Crippen molar-refractivity contribution in [3.8, 4) is 0 Å². The first-order valence-electron chi connectivity index (χ1n) is 7.81. The Labute approximate surface area is 131 Å². The summed E-state index contributed by atoms with van der Waals surface area (Å²) in [5, 5.41) is 2.88. The third kappa shape index (κ3) is 3.85. The van der Waals surface area contributed by atoms with Crippen molar-refractivity contribution in [2.24, 2.45) is 11.7 Å². The van der Waals surface area contributed by atoms with Crippen LogP contribution in [0.15, 0.2) is 24.3 Å². The van der Waals surface area contributed by atoms with Crippen LogP contribution in [-0.2, 0) is 9.53 Å². The average Bonchev–Trinajstić information content (AvgIpc) is 2.47. The van der Waals surface area contributed by atoms with Gasteiger partial charge in [0, 0.05) is 11.2 Å². The lowest BCUT2D eigenvalue weighted by Gasteiger charge is -2.37. The van der Waals surface area contributed by atoms with Crippen molar-refractivity contribution in [3.63, 3.8) is 0 Å². The second-order valence-corrected chi connectivity index (χ2v) is 6.09. The Morgan fingerprint density at radius 1 is 1.41 bits per heavy atom. The number of ether oxygens (including phenoxy) is 1. The van der Waals surface area contributed by atoms with Gasteiger partial charge in [0.1, 0.15) is 0 Å². The monoisotopic (exact) mass is 304 g/mol. The molecular formula is C17H24N2O3. The first-order chi connectivity index (χ1) is 10.4. The van der Waals surface area contributed by atoms with Gasteiger partial charge in [-0.3, -0.25) is 4.79 Å². The van der Waals surface area contributed by atoms with Crippen molar-refractivity contribution in [2.45, 2.75) is 45.1 Å².